The SMILES string of the molecule is CC1=CC(=NOc2ccccc2)C(Cl)=CC1=O.CC1=CC(=O)C(C(C)C)=CC1=NOC(=O)C(C)(C)C.CCON=C1C=C(C(C)C)C(=O)C=C1C. The van der Waals surface area contributed by atoms with Crippen LogP contribution in [-0.2, 0) is 28.9 Å². The van der Waals surface area contributed by atoms with Crippen molar-refractivity contribution in [2.24, 2.45) is 32.7 Å². The third-order valence-corrected chi connectivity index (χ3v) is 7.57. The summed E-state index contributed by atoms with van der Waals surface area (Å²) in [5, 5.41) is 12.0. The summed E-state index contributed by atoms with van der Waals surface area (Å²) >= 11 is 5.89. The van der Waals surface area contributed by atoms with E-state index in [2.05, 4.69) is 15.5 Å². The van der Waals surface area contributed by atoms with Gasteiger partial charge in [-0.3, -0.25) is 14.4 Å². The standard InChI is InChI=1S/C15H21NO3.C13H10ClNO2.C12H17NO2/c1-9(2)11-8-12(10(3)7-13(11)17)16-19-14(18)15(4,5)6;1-9-7-12(11(14)8-13(9)16)15-17-10-5-3-2-4-6-10;1-5-15-13-11-7-10(8(2)3)12(14)6-9(11)4/h7-9H,1-6H3;2-8H,1H3;6-8H,5H2,1-4H3. The largest absolute Gasteiger partial charge is 0.396 e. The first-order valence-corrected chi connectivity index (χ1v) is 17.0. The molecule has 1 aromatic rings. The predicted octanol–water partition coefficient (Wildman–Crippen LogP) is 8.61. The van der Waals surface area contributed by atoms with E-state index >= 15 is 0 Å². The molecule has 0 atom stereocenters. The molecule has 0 spiro atoms. The predicted molar refractivity (Wildman–Crippen MR) is 203 cm³/mol. The highest BCUT2D eigenvalue weighted by atomic mass is 35.5. The maximum atomic E-state index is 11.8. The lowest BCUT2D eigenvalue weighted by molar-refractivity contribution is -0.152. The van der Waals surface area contributed by atoms with Crippen LogP contribution in [-0.4, -0.2) is 47.1 Å². The van der Waals surface area contributed by atoms with Gasteiger partial charge >= 0.3 is 5.97 Å². The molecule has 0 aliphatic heterocycles. The molecule has 4 rings (SSSR count). The highest BCUT2D eigenvalue weighted by Gasteiger charge is 2.25. The number of hydrogen-bond acceptors (Lipinski definition) is 10. The second kappa shape index (κ2) is 19.4. The van der Waals surface area contributed by atoms with E-state index < -0.39 is 11.4 Å². The van der Waals surface area contributed by atoms with Crippen molar-refractivity contribution in [1.29, 1.82) is 0 Å². The first kappa shape index (κ1) is 42.2. The second-order valence-corrected chi connectivity index (χ2v) is 13.9. The van der Waals surface area contributed by atoms with Gasteiger partial charge in [0.1, 0.15) is 23.7 Å². The number of carbonyl (C=O) groups is 4. The van der Waals surface area contributed by atoms with Crippen LogP contribution in [0, 0.1) is 17.3 Å². The Bertz CT molecular complexity index is 1780. The van der Waals surface area contributed by atoms with Gasteiger partial charge in [-0.25, -0.2) is 4.79 Å². The summed E-state index contributed by atoms with van der Waals surface area (Å²) in [6.07, 6.45) is 9.60. The molecule has 3 aliphatic rings. The number of nitrogens with zero attached hydrogens (tertiary/aromatic N) is 3. The van der Waals surface area contributed by atoms with Crippen molar-refractivity contribution in [3.8, 4) is 5.75 Å². The molecule has 11 heteroatoms. The molecule has 51 heavy (non-hydrogen) atoms. The molecule has 0 amide bonds. The Kier molecular flexibility index (Phi) is 16.1. The molecule has 10 nitrogen and oxygen atoms in total. The number of oxime groups is 3. The number of rotatable bonds is 7. The Labute approximate surface area is 306 Å². The monoisotopic (exact) mass is 717 g/mol. The zero-order valence-corrected chi connectivity index (χ0v) is 32.0. The topological polar surface area (TPSA) is 133 Å². The van der Waals surface area contributed by atoms with E-state index in [-0.39, 0.29) is 34.2 Å². The molecule has 0 N–H and O–H groups in total. The highest BCUT2D eigenvalue weighted by molar-refractivity contribution is 6.48. The van der Waals surface area contributed by atoms with Crippen LogP contribution in [0.3, 0.4) is 0 Å². The molecule has 0 radical (unpaired) electrons. The lowest BCUT2D eigenvalue weighted by Crippen LogP contribution is -2.22. The van der Waals surface area contributed by atoms with Gasteiger partial charge in [-0.2, -0.15) is 0 Å². The van der Waals surface area contributed by atoms with E-state index in [1.165, 1.54) is 12.2 Å². The molecule has 0 aromatic heterocycles. The highest BCUT2D eigenvalue weighted by Crippen LogP contribution is 2.22. The summed E-state index contributed by atoms with van der Waals surface area (Å²) in [5.74, 6) is 0.519. The number of allylic oxidation sites excluding steroid dienone is 12. The minimum absolute atomic E-state index is 0.00593. The molecule has 0 saturated carbocycles. The molecule has 0 heterocycles. The summed E-state index contributed by atoms with van der Waals surface area (Å²) in [6, 6.07) is 9.14. The van der Waals surface area contributed by atoms with Gasteiger partial charge in [-0.1, -0.05) is 73.0 Å². The average Bonchev–Trinajstić information content (AvgIpc) is 3.05. The van der Waals surface area contributed by atoms with Crippen molar-refractivity contribution in [2.75, 3.05) is 6.61 Å². The third kappa shape index (κ3) is 13.4. The average molecular weight is 718 g/mol. The summed E-state index contributed by atoms with van der Waals surface area (Å²) in [4.78, 5) is 61.5. The van der Waals surface area contributed by atoms with Gasteiger partial charge in [0.25, 0.3) is 0 Å². The normalized spacial score (nSPS) is 18.5. The van der Waals surface area contributed by atoms with Crippen molar-refractivity contribution in [3.05, 3.63) is 99.7 Å². The van der Waals surface area contributed by atoms with E-state index in [1.807, 2.05) is 65.8 Å². The Morgan fingerprint density at radius 3 is 1.67 bits per heavy atom. The fourth-order valence-corrected chi connectivity index (χ4v) is 4.32. The van der Waals surface area contributed by atoms with Gasteiger partial charge in [0, 0.05) is 17.2 Å². The van der Waals surface area contributed by atoms with Gasteiger partial charge in [-0.15, -0.1) is 0 Å². The number of halogens is 1. The first-order chi connectivity index (χ1) is 23.8. The van der Waals surface area contributed by atoms with Gasteiger partial charge in [-0.05, 0) is 120 Å². The summed E-state index contributed by atoms with van der Waals surface area (Å²) in [7, 11) is 0. The lowest BCUT2D eigenvalue weighted by atomic mass is 9.90. The van der Waals surface area contributed by atoms with E-state index in [4.69, 9.17) is 26.1 Å². The van der Waals surface area contributed by atoms with Crippen molar-refractivity contribution in [1.82, 2.24) is 0 Å². The Morgan fingerprint density at radius 1 is 0.686 bits per heavy atom. The van der Waals surface area contributed by atoms with Crippen molar-refractivity contribution >= 4 is 52.1 Å². The van der Waals surface area contributed by atoms with Gasteiger partial charge in [0.15, 0.2) is 23.1 Å². The van der Waals surface area contributed by atoms with Crippen LogP contribution < -0.4 is 4.84 Å². The van der Waals surface area contributed by atoms with Crippen LogP contribution in [0.25, 0.3) is 0 Å². The Morgan fingerprint density at radius 2 is 1.20 bits per heavy atom. The summed E-state index contributed by atoms with van der Waals surface area (Å²) in [6.45, 7) is 20.9. The van der Waals surface area contributed by atoms with Crippen molar-refractivity contribution in [3.63, 3.8) is 0 Å². The number of ketones is 3. The van der Waals surface area contributed by atoms with Crippen LogP contribution in [0.1, 0.15) is 76.2 Å². The minimum atomic E-state index is -0.600. The smallest absolute Gasteiger partial charge is 0.340 e. The maximum Gasteiger partial charge on any atom is 0.340 e. The van der Waals surface area contributed by atoms with Gasteiger partial charge < -0.3 is 14.5 Å². The summed E-state index contributed by atoms with van der Waals surface area (Å²) in [5.41, 5.74) is 4.75. The summed E-state index contributed by atoms with van der Waals surface area (Å²) < 4.78 is 0. The molecule has 0 saturated heterocycles. The molecule has 272 valence electrons. The van der Waals surface area contributed by atoms with Crippen molar-refractivity contribution in [2.45, 2.75) is 76.2 Å². The zero-order chi connectivity index (χ0) is 38.5. The van der Waals surface area contributed by atoms with E-state index in [0.717, 1.165) is 16.9 Å². The van der Waals surface area contributed by atoms with E-state index in [1.54, 1.807) is 65.0 Å². The number of hydrogen-bond donors (Lipinski definition) is 0. The van der Waals surface area contributed by atoms with Crippen LogP contribution in [0.5, 0.6) is 5.75 Å². The third-order valence-electron chi connectivity index (χ3n) is 7.27. The van der Waals surface area contributed by atoms with Gasteiger partial charge in [0.2, 0.25) is 0 Å². The molecule has 1 aromatic carbocycles. The van der Waals surface area contributed by atoms with Crippen LogP contribution in [0.2, 0.25) is 0 Å². The number of para-hydroxylation sites is 1. The van der Waals surface area contributed by atoms with E-state index in [9.17, 15) is 19.2 Å². The molecule has 3 aliphatic carbocycles. The Balaban J connectivity index is 0.000000267. The molecular formula is C40H48ClN3O7. The fraction of sp³-hybridized carbons (Fsp3) is 0.375. The fourth-order valence-electron chi connectivity index (χ4n) is 4.13. The molecule has 0 unspecified atom stereocenters. The van der Waals surface area contributed by atoms with Crippen LogP contribution in [0.4, 0.5) is 0 Å². The lowest BCUT2D eigenvalue weighted by Gasteiger charge is -2.16. The number of carbonyl (C=O) groups excluding carboxylic acids is 4. The molecule has 0 bridgehead atoms. The van der Waals surface area contributed by atoms with E-state index in [0.29, 0.717) is 40.5 Å². The van der Waals surface area contributed by atoms with Crippen LogP contribution in [0.15, 0.2) is 115 Å². The quantitative estimate of drug-likeness (QED) is 0.157. The van der Waals surface area contributed by atoms with Crippen LogP contribution >= 0.6 is 11.6 Å². The van der Waals surface area contributed by atoms with Gasteiger partial charge in [0.05, 0.1) is 10.4 Å². The second-order valence-electron chi connectivity index (χ2n) is 13.5. The minimum Gasteiger partial charge on any atom is -0.396 e. The Hall–Kier alpha value is -4.96. The first-order valence-electron chi connectivity index (χ1n) is 16.6. The molecular weight excluding hydrogens is 670 g/mol. The molecule has 0 fully saturated rings. The number of benzene rings is 1. The maximum absolute atomic E-state index is 11.8. The van der Waals surface area contributed by atoms with Crippen molar-refractivity contribution < 1.29 is 33.7 Å². The zero-order valence-electron chi connectivity index (χ0n) is 31.3.